The Kier molecular flexibility index (Phi) is 7.34. The van der Waals surface area contributed by atoms with Crippen molar-refractivity contribution in [1.29, 1.82) is 0 Å². The molecule has 0 N–H and O–H groups in total. The van der Waals surface area contributed by atoms with E-state index in [1.165, 1.54) is 11.5 Å². The molecule has 0 atom stereocenters. The quantitative estimate of drug-likeness (QED) is 0.571. The van der Waals surface area contributed by atoms with Gasteiger partial charge in [0.2, 0.25) is 0 Å². The molecule has 0 rings (SSSR count). The van der Waals surface area contributed by atoms with Crippen molar-refractivity contribution in [3.63, 3.8) is 0 Å². The summed E-state index contributed by atoms with van der Waals surface area (Å²) in [6, 6.07) is 0. The average molecular weight is 163 g/mol. The van der Waals surface area contributed by atoms with Crippen LogP contribution in [-0.4, -0.2) is 16.1 Å². The molecule has 9 heavy (non-hydrogen) atoms. The lowest BCUT2D eigenvalue weighted by Crippen LogP contribution is -1.95. The van der Waals surface area contributed by atoms with Gasteiger partial charge < -0.3 is 0 Å². The fourth-order valence-corrected chi connectivity index (χ4v) is 2.81. The number of rotatable bonds is 5. The van der Waals surface area contributed by atoms with Gasteiger partial charge in [0.1, 0.15) is 0 Å². The van der Waals surface area contributed by atoms with Crippen LogP contribution in [0.1, 0.15) is 20.8 Å². The van der Waals surface area contributed by atoms with Crippen LogP contribution >= 0.6 is 23.5 Å². The molecule has 0 spiro atoms. The second-order valence-corrected chi connectivity index (χ2v) is 4.75. The molecule has 0 nitrogen and oxygen atoms in total. The molecule has 2 heteroatoms. The second kappa shape index (κ2) is 6.81. The Morgan fingerprint density at radius 3 is 1.89 bits per heavy atom. The number of hydrogen-bond donors (Lipinski definition) is 0. The minimum absolute atomic E-state index is 0.722. The lowest BCUT2D eigenvalue weighted by molar-refractivity contribution is 1.34. The highest BCUT2D eigenvalue weighted by molar-refractivity contribution is 8.17. The van der Waals surface area contributed by atoms with E-state index in [9.17, 15) is 0 Å². The second-order valence-electron chi connectivity index (χ2n) is 1.61. The number of hydrogen-bond acceptors (Lipinski definition) is 2. The van der Waals surface area contributed by atoms with Crippen LogP contribution in [0.3, 0.4) is 0 Å². The highest BCUT2D eigenvalue weighted by Gasteiger charge is 2.02. The van der Waals surface area contributed by atoms with Gasteiger partial charge in [0.05, 0.1) is 4.58 Å². The zero-order valence-electron chi connectivity index (χ0n) is 6.39. The molecule has 0 aliphatic heterocycles. The Morgan fingerprint density at radius 2 is 1.67 bits per heavy atom. The Labute approximate surface area is 67.2 Å². The Hall–Kier alpha value is 0.700. The van der Waals surface area contributed by atoms with E-state index < -0.39 is 0 Å². The molecule has 0 aromatic heterocycles. The predicted octanol–water partition coefficient (Wildman–Crippen LogP) is 3.04. The van der Waals surface area contributed by atoms with E-state index in [-0.39, 0.29) is 0 Å². The molecule has 0 bridgehead atoms. The van der Waals surface area contributed by atoms with Gasteiger partial charge in [-0.3, -0.25) is 0 Å². The molecule has 0 aromatic carbocycles. The van der Waals surface area contributed by atoms with Crippen molar-refractivity contribution >= 4 is 23.5 Å². The topological polar surface area (TPSA) is 0 Å². The summed E-state index contributed by atoms with van der Waals surface area (Å²) in [5, 5.41) is 0. The van der Waals surface area contributed by atoms with Crippen LogP contribution in [-0.2, 0) is 0 Å². The van der Waals surface area contributed by atoms with Gasteiger partial charge in [-0.15, -0.1) is 23.5 Å². The molecule has 0 aliphatic carbocycles. The van der Waals surface area contributed by atoms with Crippen molar-refractivity contribution in [2.24, 2.45) is 0 Å². The van der Waals surface area contributed by atoms with E-state index >= 15 is 0 Å². The molecule has 0 saturated carbocycles. The third kappa shape index (κ3) is 5.16. The first-order valence-corrected chi connectivity index (χ1v) is 5.47. The van der Waals surface area contributed by atoms with E-state index in [1.54, 1.807) is 0 Å². The molecule has 0 amide bonds. The molecular weight excluding hydrogens is 148 g/mol. The van der Waals surface area contributed by atoms with Gasteiger partial charge in [0.15, 0.2) is 0 Å². The summed E-state index contributed by atoms with van der Waals surface area (Å²) < 4.78 is 0.722. The minimum Gasteiger partial charge on any atom is -0.148 e. The lowest BCUT2D eigenvalue weighted by Gasteiger charge is -2.09. The fourth-order valence-electron chi connectivity index (χ4n) is 0.569. The van der Waals surface area contributed by atoms with Crippen LogP contribution in [0.25, 0.3) is 0 Å². The predicted molar refractivity (Wildman–Crippen MR) is 50.0 cm³/mol. The summed E-state index contributed by atoms with van der Waals surface area (Å²) in [4.78, 5) is 0. The average Bonchev–Trinajstić information content (AvgIpc) is 1.88. The smallest absolute Gasteiger partial charge is 0.0531 e. The van der Waals surface area contributed by atoms with Crippen molar-refractivity contribution < 1.29 is 0 Å². The Balaban J connectivity index is 3.18. The maximum absolute atomic E-state index is 2.27. The molecule has 1 radical (unpaired) electrons. The monoisotopic (exact) mass is 163 g/mol. The van der Waals surface area contributed by atoms with Crippen molar-refractivity contribution in [3.05, 3.63) is 6.42 Å². The summed E-state index contributed by atoms with van der Waals surface area (Å²) in [7, 11) is 0. The van der Waals surface area contributed by atoms with Crippen molar-refractivity contribution in [1.82, 2.24) is 0 Å². The van der Waals surface area contributed by atoms with Crippen LogP contribution < -0.4 is 0 Å². The largest absolute Gasteiger partial charge is 0.148 e. The molecule has 0 heterocycles. The van der Waals surface area contributed by atoms with Crippen LogP contribution in [0.2, 0.25) is 0 Å². The van der Waals surface area contributed by atoms with Gasteiger partial charge in [-0.25, -0.2) is 0 Å². The van der Waals surface area contributed by atoms with Gasteiger partial charge in [0.25, 0.3) is 0 Å². The van der Waals surface area contributed by atoms with E-state index in [1.807, 2.05) is 23.5 Å². The van der Waals surface area contributed by atoms with Crippen LogP contribution in [0.15, 0.2) is 0 Å². The minimum atomic E-state index is 0.722. The Bertz CT molecular complexity index is 48.9. The highest BCUT2D eigenvalue weighted by atomic mass is 32.2. The molecule has 0 unspecified atom stereocenters. The van der Waals surface area contributed by atoms with E-state index in [0.29, 0.717) is 0 Å². The van der Waals surface area contributed by atoms with E-state index in [2.05, 4.69) is 27.2 Å². The molecule has 55 valence electrons. The maximum atomic E-state index is 2.27. The van der Waals surface area contributed by atoms with Crippen LogP contribution in [0, 0.1) is 6.42 Å². The molecular formula is C7H15S2. The van der Waals surface area contributed by atoms with Gasteiger partial charge in [-0.05, 0) is 17.9 Å². The summed E-state index contributed by atoms with van der Waals surface area (Å²) in [5.41, 5.74) is 0. The normalized spacial score (nSPS) is 10.7. The number of thioether (sulfide) groups is 2. The van der Waals surface area contributed by atoms with Crippen LogP contribution in [0.5, 0.6) is 0 Å². The van der Waals surface area contributed by atoms with Gasteiger partial charge >= 0.3 is 0 Å². The molecule has 0 saturated heterocycles. The van der Waals surface area contributed by atoms with Crippen LogP contribution in [0.4, 0.5) is 0 Å². The third-order valence-corrected chi connectivity index (χ3v) is 3.62. The maximum Gasteiger partial charge on any atom is 0.0531 e. The summed E-state index contributed by atoms with van der Waals surface area (Å²) >= 11 is 4.02. The molecule has 0 fully saturated rings. The standard InChI is InChI=1S/C7H15S2/c1-4-7(8-5-2)9-6-3/h4,7H,5-6H2,1-3H3. The zero-order valence-corrected chi connectivity index (χ0v) is 8.02. The zero-order chi connectivity index (χ0) is 7.11. The molecule has 0 aliphatic rings. The first-order chi connectivity index (χ1) is 4.35. The van der Waals surface area contributed by atoms with Gasteiger partial charge in [0, 0.05) is 0 Å². The Morgan fingerprint density at radius 1 is 1.22 bits per heavy atom. The SMILES string of the molecule is C[CH]C(SCC)SCC. The first kappa shape index (κ1) is 9.70. The van der Waals surface area contributed by atoms with E-state index in [0.717, 1.165) is 4.58 Å². The van der Waals surface area contributed by atoms with Crippen molar-refractivity contribution in [2.45, 2.75) is 25.4 Å². The van der Waals surface area contributed by atoms with E-state index in [4.69, 9.17) is 0 Å². The van der Waals surface area contributed by atoms with Crippen molar-refractivity contribution in [2.75, 3.05) is 11.5 Å². The van der Waals surface area contributed by atoms with Gasteiger partial charge in [-0.1, -0.05) is 20.8 Å². The third-order valence-electron chi connectivity index (χ3n) is 0.934. The lowest BCUT2D eigenvalue weighted by atomic mass is 10.6. The highest BCUT2D eigenvalue weighted by Crippen LogP contribution is 2.24. The van der Waals surface area contributed by atoms with Gasteiger partial charge in [-0.2, -0.15) is 0 Å². The first-order valence-electron chi connectivity index (χ1n) is 3.37. The fraction of sp³-hybridized carbons (Fsp3) is 0.857. The molecule has 0 aromatic rings. The summed E-state index contributed by atoms with van der Waals surface area (Å²) in [6.07, 6.45) is 2.27. The summed E-state index contributed by atoms with van der Waals surface area (Å²) in [5.74, 6) is 2.45. The summed E-state index contributed by atoms with van der Waals surface area (Å²) in [6.45, 7) is 6.55. The van der Waals surface area contributed by atoms with Crippen molar-refractivity contribution in [3.8, 4) is 0 Å².